The van der Waals surface area contributed by atoms with Gasteiger partial charge >= 0.3 is 11.8 Å². The van der Waals surface area contributed by atoms with Crippen molar-refractivity contribution in [2.45, 2.75) is 0 Å². The van der Waals surface area contributed by atoms with E-state index in [0.717, 1.165) is 4.47 Å². The number of carbonyl (C=O) groups excluding carboxylic acids is 2. The monoisotopic (exact) mass is 405 g/mol. The molecule has 2 rings (SSSR count). The van der Waals surface area contributed by atoms with Crippen molar-refractivity contribution in [3.63, 3.8) is 0 Å². The molecule has 2 N–H and O–H groups in total. The Kier molecular flexibility index (Phi) is 6.53. The van der Waals surface area contributed by atoms with Gasteiger partial charge in [0.1, 0.15) is 11.5 Å². The fourth-order valence-electron chi connectivity index (χ4n) is 1.87. The van der Waals surface area contributed by atoms with E-state index in [1.54, 1.807) is 42.5 Å². The van der Waals surface area contributed by atoms with Gasteiger partial charge in [-0.2, -0.15) is 5.10 Å². The normalized spacial score (nSPS) is 10.4. The van der Waals surface area contributed by atoms with Gasteiger partial charge in [0.05, 0.1) is 20.4 Å². The molecule has 7 nitrogen and oxygen atoms in total. The fraction of sp³-hybridized carbons (Fsp3) is 0.118. The van der Waals surface area contributed by atoms with Crippen LogP contribution in [0.3, 0.4) is 0 Å². The van der Waals surface area contributed by atoms with Gasteiger partial charge in [0, 0.05) is 15.7 Å². The molecule has 0 radical (unpaired) electrons. The second-order valence-electron chi connectivity index (χ2n) is 4.77. The van der Waals surface area contributed by atoms with E-state index in [1.807, 2.05) is 0 Å². The van der Waals surface area contributed by atoms with E-state index in [9.17, 15) is 9.59 Å². The Balaban J connectivity index is 1.97. The van der Waals surface area contributed by atoms with E-state index >= 15 is 0 Å². The van der Waals surface area contributed by atoms with Crippen molar-refractivity contribution in [1.29, 1.82) is 0 Å². The van der Waals surface area contributed by atoms with Crippen molar-refractivity contribution in [2.24, 2.45) is 5.10 Å². The molecule has 0 saturated heterocycles. The van der Waals surface area contributed by atoms with Crippen LogP contribution in [-0.4, -0.2) is 32.2 Å². The molecule has 2 amide bonds. The summed E-state index contributed by atoms with van der Waals surface area (Å²) in [5.41, 5.74) is 3.26. The topological polar surface area (TPSA) is 89.0 Å². The van der Waals surface area contributed by atoms with Gasteiger partial charge in [-0.15, -0.1) is 0 Å². The second kappa shape index (κ2) is 8.84. The van der Waals surface area contributed by atoms with Crippen molar-refractivity contribution in [3.8, 4) is 11.5 Å². The Labute approximate surface area is 153 Å². The lowest BCUT2D eigenvalue weighted by Crippen LogP contribution is -2.32. The van der Waals surface area contributed by atoms with Gasteiger partial charge in [-0.1, -0.05) is 15.9 Å². The van der Waals surface area contributed by atoms with Crippen LogP contribution in [0.5, 0.6) is 11.5 Å². The third-order valence-electron chi connectivity index (χ3n) is 3.11. The zero-order chi connectivity index (χ0) is 18.2. The third kappa shape index (κ3) is 5.32. The van der Waals surface area contributed by atoms with Gasteiger partial charge in [0.15, 0.2) is 0 Å². The predicted molar refractivity (Wildman–Crippen MR) is 98.1 cm³/mol. The molecular formula is C17H16BrN3O4. The van der Waals surface area contributed by atoms with Crippen molar-refractivity contribution in [3.05, 3.63) is 52.5 Å². The minimum absolute atomic E-state index is 0.502. The molecule has 0 spiro atoms. The maximum absolute atomic E-state index is 11.8. The molecular weight excluding hydrogens is 390 g/mol. The Morgan fingerprint density at radius 3 is 2.40 bits per heavy atom. The van der Waals surface area contributed by atoms with Gasteiger partial charge in [-0.3, -0.25) is 9.59 Å². The first-order chi connectivity index (χ1) is 12.0. The largest absolute Gasteiger partial charge is 0.497 e. The van der Waals surface area contributed by atoms with Crippen LogP contribution >= 0.6 is 15.9 Å². The number of methoxy groups -OCH3 is 2. The van der Waals surface area contributed by atoms with E-state index in [2.05, 4.69) is 31.8 Å². The molecule has 130 valence electrons. The van der Waals surface area contributed by atoms with Crippen molar-refractivity contribution in [2.75, 3.05) is 19.5 Å². The summed E-state index contributed by atoms with van der Waals surface area (Å²) in [4.78, 5) is 23.6. The summed E-state index contributed by atoms with van der Waals surface area (Å²) in [6.45, 7) is 0. The number of nitrogens with one attached hydrogen (secondary N) is 2. The minimum atomic E-state index is -0.888. The number of hydrogen-bond acceptors (Lipinski definition) is 5. The number of hydrazone groups is 1. The van der Waals surface area contributed by atoms with Gasteiger partial charge in [-0.25, -0.2) is 5.43 Å². The molecule has 0 saturated carbocycles. The molecule has 0 aliphatic rings. The van der Waals surface area contributed by atoms with Crippen LogP contribution in [0.2, 0.25) is 0 Å². The van der Waals surface area contributed by atoms with Crippen LogP contribution in [0.15, 0.2) is 52.0 Å². The molecule has 2 aromatic carbocycles. The van der Waals surface area contributed by atoms with Crippen LogP contribution in [0, 0.1) is 0 Å². The molecule has 0 bridgehead atoms. The summed E-state index contributed by atoms with van der Waals surface area (Å²) in [6.07, 6.45) is 1.37. The number of carbonyl (C=O) groups is 2. The summed E-state index contributed by atoms with van der Waals surface area (Å²) in [7, 11) is 3.06. The van der Waals surface area contributed by atoms with Gasteiger partial charge in [0.2, 0.25) is 0 Å². The molecule has 0 atom stereocenters. The number of hydrogen-bond donors (Lipinski definition) is 2. The Bertz CT molecular complexity index is 791. The van der Waals surface area contributed by atoms with Gasteiger partial charge in [0.25, 0.3) is 0 Å². The first kappa shape index (κ1) is 18.5. The number of anilines is 1. The van der Waals surface area contributed by atoms with Crippen molar-refractivity contribution >= 4 is 39.6 Å². The molecule has 0 fully saturated rings. The Hall–Kier alpha value is -2.87. The van der Waals surface area contributed by atoms with Crippen molar-refractivity contribution < 1.29 is 19.1 Å². The highest BCUT2D eigenvalue weighted by atomic mass is 79.9. The molecule has 25 heavy (non-hydrogen) atoms. The van der Waals surface area contributed by atoms with Crippen LogP contribution in [-0.2, 0) is 9.59 Å². The molecule has 0 aromatic heterocycles. The first-order valence-electron chi connectivity index (χ1n) is 7.15. The summed E-state index contributed by atoms with van der Waals surface area (Å²) < 4.78 is 11.2. The van der Waals surface area contributed by atoms with E-state index in [1.165, 1.54) is 20.4 Å². The number of nitrogens with zero attached hydrogens (tertiary/aromatic N) is 1. The third-order valence-corrected chi connectivity index (χ3v) is 3.64. The Morgan fingerprint density at radius 1 is 1.04 bits per heavy atom. The number of benzene rings is 2. The molecule has 8 heteroatoms. The second-order valence-corrected chi connectivity index (χ2v) is 5.68. The zero-order valence-electron chi connectivity index (χ0n) is 13.6. The lowest BCUT2D eigenvalue weighted by atomic mass is 10.2. The molecule has 0 aliphatic carbocycles. The predicted octanol–water partition coefficient (Wildman–Crippen LogP) is 2.56. The van der Waals surface area contributed by atoms with Crippen LogP contribution in [0.1, 0.15) is 5.56 Å². The summed E-state index contributed by atoms with van der Waals surface area (Å²) >= 11 is 3.29. The number of amides is 2. The zero-order valence-corrected chi connectivity index (χ0v) is 15.2. The highest BCUT2D eigenvalue weighted by Gasteiger charge is 2.12. The average molecular weight is 406 g/mol. The molecule has 0 unspecified atom stereocenters. The van der Waals surface area contributed by atoms with Crippen molar-refractivity contribution in [1.82, 2.24) is 5.43 Å². The average Bonchev–Trinajstić information content (AvgIpc) is 2.63. The summed E-state index contributed by atoms with van der Waals surface area (Å²) in [5.74, 6) is -0.544. The fourth-order valence-corrected chi connectivity index (χ4v) is 2.14. The smallest absolute Gasteiger partial charge is 0.329 e. The quantitative estimate of drug-likeness (QED) is 0.454. The first-order valence-corrected chi connectivity index (χ1v) is 7.94. The van der Waals surface area contributed by atoms with Crippen LogP contribution in [0.4, 0.5) is 5.69 Å². The van der Waals surface area contributed by atoms with Gasteiger partial charge in [-0.05, 0) is 42.5 Å². The highest BCUT2D eigenvalue weighted by molar-refractivity contribution is 9.10. The van der Waals surface area contributed by atoms with E-state index in [-0.39, 0.29) is 0 Å². The standard InChI is InChI=1S/C17H16BrN3O4/c1-24-14-7-8-15(25-2)11(9-14)10-19-21-17(23)16(22)20-13-5-3-12(18)4-6-13/h3-10H,1-2H3,(H,20,22)(H,21,23)/b19-10-. The minimum Gasteiger partial charge on any atom is -0.497 e. The molecule has 2 aromatic rings. The number of rotatable bonds is 5. The maximum Gasteiger partial charge on any atom is 0.329 e. The van der Waals surface area contributed by atoms with Gasteiger partial charge < -0.3 is 14.8 Å². The number of halogens is 1. The molecule has 0 aliphatic heterocycles. The van der Waals surface area contributed by atoms with E-state index in [4.69, 9.17) is 9.47 Å². The maximum atomic E-state index is 11.8. The number of ether oxygens (including phenoxy) is 2. The summed E-state index contributed by atoms with van der Waals surface area (Å²) in [5, 5.41) is 6.24. The lowest BCUT2D eigenvalue weighted by molar-refractivity contribution is -0.136. The molecule has 0 heterocycles. The van der Waals surface area contributed by atoms with Crippen LogP contribution in [0.25, 0.3) is 0 Å². The Morgan fingerprint density at radius 2 is 1.76 bits per heavy atom. The highest BCUT2D eigenvalue weighted by Crippen LogP contribution is 2.22. The van der Waals surface area contributed by atoms with E-state index < -0.39 is 11.8 Å². The summed E-state index contributed by atoms with van der Waals surface area (Å²) in [6, 6.07) is 12.0. The SMILES string of the molecule is COc1ccc(OC)c(/C=N\NC(=O)C(=O)Nc2ccc(Br)cc2)c1. The lowest BCUT2D eigenvalue weighted by Gasteiger charge is -2.07. The van der Waals surface area contributed by atoms with Crippen LogP contribution < -0.4 is 20.2 Å². The van der Waals surface area contributed by atoms with E-state index in [0.29, 0.717) is 22.7 Å².